The second kappa shape index (κ2) is 8.10. The first-order chi connectivity index (χ1) is 14.1. The van der Waals surface area contributed by atoms with E-state index in [0.717, 1.165) is 6.42 Å². The Hall–Kier alpha value is -3.74. The highest BCUT2D eigenvalue weighted by molar-refractivity contribution is 5.93. The van der Waals surface area contributed by atoms with E-state index in [-0.39, 0.29) is 18.3 Å². The second-order valence-electron chi connectivity index (χ2n) is 6.50. The molecule has 29 heavy (non-hydrogen) atoms. The number of hydrogen-bond acceptors (Lipinski definition) is 4. The first kappa shape index (κ1) is 18.6. The molecule has 0 atom stereocenters. The predicted octanol–water partition coefficient (Wildman–Crippen LogP) is 4.14. The molecule has 0 bridgehead atoms. The van der Waals surface area contributed by atoms with Gasteiger partial charge in [0.2, 0.25) is 0 Å². The minimum Gasteiger partial charge on any atom is -0.484 e. The molecule has 3 aromatic carbocycles. The van der Waals surface area contributed by atoms with Crippen LogP contribution in [0.25, 0.3) is 16.7 Å². The van der Waals surface area contributed by atoms with Crippen molar-refractivity contribution in [2.75, 3.05) is 11.9 Å². The zero-order valence-electron chi connectivity index (χ0n) is 15.8. The number of fused-ring (bicyclic) bond motifs is 1. The van der Waals surface area contributed by atoms with Gasteiger partial charge in [-0.3, -0.25) is 4.79 Å². The smallest absolute Gasteiger partial charge is 0.262 e. The highest BCUT2D eigenvalue weighted by Gasteiger charge is 2.09. The second-order valence-corrected chi connectivity index (χ2v) is 6.50. The summed E-state index contributed by atoms with van der Waals surface area (Å²) in [6.07, 6.45) is 0.953. The standard InChI is InChI=1S/C22H19FN4O2/c1-2-15-3-10-19(11-4-15)29-14-22(28)24-17-7-12-20-21(13-17)26-27(25-20)18-8-5-16(23)6-9-18/h3-13H,2,14H2,1H3,(H,24,28). The molecule has 1 amide bonds. The molecule has 0 saturated heterocycles. The van der Waals surface area contributed by atoms with E-state index in [1.807, 2.05) is 24.3 Å². The van der Waals surface area contributed by atoms with Gasteiger partial charge in [0, 0.05) is 5.69 Å². The zero-order chi connectivity index (χ0) is 20.2. The van der Waals surface area contributed by atoms with Crippen molar-refractivity contribution in [3.05, 3.63) is 78.1 Å². The number of carbonyl (C=O) groups excluding carboxylic acids is 1. The molecular formula is C22H19FN4O2. The average Bonchev–Trinajstić information content (AvgIpc) is 3.16. The SMILES string of the molecule is CCc1ccc(OCC(=O)Nc2ccc3nn(-c4ccc(F)cc4)nc3c2)cc1. The van der Waals surface area contributed by atoms with Crippen LogP contribution >= 0.6 is 0 Å². The van der Waals surface area contributed by atoms with Crippen LogP contribution < -0.4 is 10.1 Å². The summed E-state index contributed by atoms with van der Waals surface area (Å²) in [5.74, 6) is 0.0591. The molecule has 4 aromatic rings. The zero-order valence-corrected chi connectivity index (χ0v) is 15.8. The quantitative estimate of drug-likeness (QED) is 0.537. The number of amides is 1. The fraction of sp³-hybridized carbons (Fsp3) is 0.136. The Labute approximate surface area is 166 Å². The van der Waals surface area contributed by atoms with Gasteiger partial charge >= 0.3 is 0 Å². The van der Waals surface area contributed by atoms with Gasteiger partial charge in [-0.1, -0.05) is 19.1 Å². The van der Waals surface area contributed by atoms with Gasteiger partial charge in [0.25, 0.3) is 5.91 Å². The summed E-state index contributed by atoms with van der Waals surface area (Å²) in [5.41, 5.74) is 3.74. The van der Waals surface area contributed by atoms with Crippen LogP contribution in [0.1, 0.15) is 12.5 Å². The number of aromatic nitrogens is 3. The Morgan fingerprint density at radius 2 is 1.72 bits per heavy atom. The average molecular weight is 390 g/mol. The molecule has 6 nitrogen and oxygen atoms in total. The van der Waals surface area contributed by atoms with Gasteiger partial charge in [0.15, 0.2) is 6.61 Å². The monoisotopic (exact) mass is 390 g/mol. The van der Waals surface area contributed by atoms with Crippen molar-refractivity contribution in [1.82, 2.24) is 15.0 Å². The molecule has 0 radical (unpaired) electrons. The summed E-state index contributed by atoms with van der Waals surface area (Å²) in [4.78, 5) is 13.6. The third-order valence-corrected chi connectivity index (χ3v) is 4.42. The Bertz CT molecular complexity index is 1140. The lowest BCUT2D eigenvalue weighted by atomic mass is 10.2. The lowest BCUT2D eigenvalue weighted by Crippen LogP contribution is -2.20. The van der Waals surface area contributed by atoms with Crippen molar-refractivity contribution in [2.45, 2.75) is 13.3 Å². The van der Waals surface area contributed by atoms with E-state index in [9.17, 15) is 9.18 Å². The number of aryl methyl sites for hydroxylation is 1. The van der Waals surface area contributed by atoms with Gasteiger partial charge in [-0.25, -0.2) is 4.39 Å². The van der Waals surface area contributed by atoms with Crippen LogP contribution in [-0.2, 0) is 11.2 Å². The summed E-state index contributed by atoms with van der Waals surface area (Å²) < 4.78 is 18.6. The van der Waals surface area contributed by atoms with Gasteiger partial charge in [-0.15, -0.1) is 10.2 Å². The number of carbonyl (C=O) groups is 1. The van der Waals surface area contributed by atoms with E-state index in [1.54, 1.807) is 30.3 Å². The van der Waals surface area contributed by atoms with Crippen molar-refractivity contribution >= 4 is 22.6 Å². The molecule has 1 N–H and O–H groups in total. The van der Waals surface area contributed by atoms with Crippen LogP contribution in [0.2, 0.25) is 0 Å². The molecular weight excluding hydrogens is 371 g/mol. The maximum absolute atomic E-state index is 13.1. The van der Waals surface area contributed by atoms with Crippen molar-refractivity contribution in [1.29, 1.82) is 0 Å². The minimum absolute atomic E-state index is 0.0915. The van der Waals surface area contributed by atoms with Crippen LogP contribution in [0.15, 0.2) is 66.7 Å². The lowest BCUT2D eigenvalue weighted by Gasteiger charge is -2.08. The summed E-state index contributed by atoms with van der Waals surface area (Å²) >= 11 is 0. The number of ether oxygens (including phenoxy) is 1. The number of nitrogens with zero attached hydrogens (tertiary/aromatic N) is 3. The summed E-state index contributed by atoms with van der Waals surface area (Å²) in [7, 11) is 0. The number of benzene rings is 3. The maximum Gasteiger partial charge on any atom is 0.262 e. The van der Waals surface area contributed by atoms with E-state index >= 15 is 0 Å². The largest absolute Gasteiger partial charge is 0.484 e. The molecule has 4 rings (SSSR count). The van der Waals surface area contributed by atoms with Gasteiger partial charge in [-0.05, 0) is 66.6 Å². The molecule has 7 heteroatoms. The molecule has 0 aliphatic heterocycles. The first-order valence-electron chi connectivity index (χ1n) is 9.25. The Balaban J connectivity index is 1.42. The highest BCUT2D eigenvalue weighted by Crippen LogP contribution is 2.18. The lowest BCUT2D eigenvalue weighted by molar-refractivity contribution is -0.118. The normalized spacial score (nSPS) is 10.8. The van der Waals surface area contributed by atoms with Gasteiger partial charge < -0.3 is 10.1 Å². The van der Waals surface area contributed by atoms with Crippen LogP contribution in [0.5, 0.6) is 5.75 Å². The summed E-state index contributed by atoms with van der Waals surface area (Å²) in [6, 6.07) is 18.8. The molecule has 1 aromatic heterocycles. The number of nitrogens with one attached hydrogen (secondary N) is 1. The third kappa shape index (κ3) is 4.40. The van der Waals surface area contributed by atoms with Crippen LogP contribution in [0, 0.1) is 5.82 Å². The van der Waals surface area contributed by atoms with Crippen molar-refractivity contribution in [3.63, 3.8) is 0 Å². The number of hydrogen-bond donors (Lipinski definition) is 1. The van der Waals surface area contributed by atoms with Crippen LogP contribution in [0.4, 0.5) is 10.1 Å². The van der Waals surface area contributed by atoms with Gasteiger partial charge in [-0.2, -0.15) is 4.80 Å². The van der Waals surface area contributed by atoms with E-state index < -0.39 is 0 Å². The minimum atomic E-state index is -0.320. The Morgan fingerprint density at radius 3 is 2.45 bits per heavy atom. The molecule has 0 unspecified atom stereocenters. The number of rotatable bonds is 6. The Morgan fingerprint density at radius 1 is 1.00 bits per heavy atom. The highest BCUT2D eigenvalue weighted by atomic mass is 19.1. The fourth-order valence-electron chi connectivity index (χ4n) is 2.85. The van der Waals surface area contributed by atoms with Crippen LogP contribution in [0.3, 0.4) is 0 Å². The van der Waals surface area contributed by atoms with E-state index in [1.165, 1.54) is 22.5 Å². The number of anilines is 1. The van der Waals surface area contributed by atoms with E-state index in [2.05, 4.69) is 22.4 Å². The molecule has 0 fully saturated rings. The topological polar surface area (TPSA) is 69.0 Å². The first-order valence-corrected chi connectivity index (χ1v) is 9.25. The van der Waals surface area contributed by atoms with Crippen molar-refractivity contribution in [2.24, 2.45) is 0 Å². The molecule has 146 valence electrons. The van der Waals surface area contributed by atoms with Crippen molar-refractivity contribution < 1.29 is 13.9 Å². The van der Waals surface area contributed by atoms with Gasteiger partial charge in [0.1, 0.15) is 22.6 Å². The molecule has 0 aliphatic carbocycles. The van der Waals surface area contributed by atoms with Gasteiger partial charge in [0.05, 0.1) is 5.69 Å². The number of halogens is 1. The predicted molar refractivity (Wildman–Crippen MR) is 109 cm³/mol. The van der Waals surface area contributed by atoms with E-state index in [4.69, 9.17) is 4.74 Å². The Kier molecular flexibility index (Phi) is 5.20. The molecule has 0 saturated carbocycles. The van der Waals surface area contributed by atoms with Crippen molar-refractivity contribution in [3.8, 4) is 11.4 Å². The molecule has 0 spiro atoms. The maximum atomic E-state index is 13.1. The van der Waals surface area contributed by atoms with Crippen LogP contribution in [-0.4, -0.2) is 27.5 Å². The fourth-order valence-corrected chi connectivity index (χ4v) is 2.85. The molecule has 1 heterocycles. The third-order valence-electron chi connectivity index (χ3n) is 4.42. The summed E-state index contributed by atoms with van der Waals surface area (Å²) in [5, 5.41) is 11.6. The molecule has 0 aliphatic rings. The summed E-state index contributed by atoms with van der Waals surface area (Å²) in [6.45, 7) is 1.99. The van der Waals surface area contributed by atoms with E-state index in [0.29, 0.717) is 28.2 Å².